The van der Waals surface area contributed by atoms with E-state index in [0.29, 0.717) is 6.04 Å². The Labute approximate surface area is 115 Å². The molecule has 0 amide bonds. The zero-order chi connectivity index (χ0) is 13.2. The van der Waals surface area contributed by atoms with Crippen molar-refractivity contribution in [2.45, 2.75) is 38.3 Å². The van der Waals surface area contributed by atoms with Gasteiger partial charge in [0.1, 0.15) is 5.82 Å². The lowest BCUT2D eigenvalue weighted by atomic mass is 9.94. The molecule has 0 bridgehead atoms. The fourth-order valence-corrected chi connectivity index (χ4v) is 3.75. The number of hydrogen-bond acceptors (Lipinski definition) is 2. The summed E-state index contributed by atoms with van der Waals surface area (Å²) >= 11 is 0. The van der Waals surface area contributed by atoms with E-state index in [1.165, 1.54) is 12.8 Å². The zero-order valence-corrected chi connectivity index (χ0v) is 11.6. The predicted octanol–water partition coefficient (Wildman–Crippen LogP) is 2.96. The molecule has 2 aliphatic rings. The largest absolute Gasteiger partial charge is 0.312 e. The smallest absolute Gasteiger partial charge is 0.127 e. The maximum Gasteiger partial charge on any atom is 0.127 e. The molecule has 1 N–H and O–H groups in total. The second kappa shape index (κ2) is 5.59. The summed E-state index contributed by atoms with van der Waals surface area (Å²) in [4.78, 5) is 2.48. The molecule has 3 rings (SSSR count). The van der Waals surface area contributed by atoms with Gasteiger partial charge in [0.25, 0.3) is 0 Å². The molecule has 2 heterocycles. The van der Waals surface area contributed by atoms with Crippen LogP contribution in [0.2, 0.25) is 0 Å². The molecule has 1 aromatic carbocycles. The number of hydrogen-bond donors (Lipinski definition) is 1. The third kappa shape index (κ3) is 2.54. The van der Waals surface area contributed by atoms with Crippen molar-refractivity contribution in [3.63, 3.8) is 0 Å². The molecule has 2 fully saturated rings. The van der Waals surface area contributed by atoms with Crippen LogP contribution in [-0.2, 0) is 0 Å². The summed E-state index contributed by atoms with van der Waals surface area (Å²) in [5.74, 6) is 0.701. The van der Waals surface area contributed by atoms with Gasteiger partial charge in [-0.05, 0) is 37.8 Å². The van der Waals surface area contributed by atoms with Crippen LogP contribution in [0.3, 0.4) is 0 Å². The van der Waals surface area contributed by atoms with E-state index >= 15 is 0 Å². The van der Waals surface area contributed by atoms with E-state index in [2.05, 4.69) is 17.1 Å². The highest BCUT2D eigenvalue weighted by atomic mass is 19.1. The summed E-state index contributed by atoms with van der Waals surface area (Å²) < 4.78 is 14.0. The highest BCUT2D eigenvalue weighted by Gasteiger charge is 2.37. The molecule has 2 nitrogen and oxygen atoms in total. The van der Waals surface area contributed by atoms with E-state index in [4.69, 9.17) is 0 Å². The fraction of sp³-hybridized carbons (Fsp3) is 0.625. The summed E-state index contributed by atoms with van der Waals surface area (Å²) in [7, 11) is 0. The van der Waals surface area contributed by atoms with E-state index < -0.39 is 0 Å². The number of piperidine rings is 1. The summed E-state index contributed by atoms with van der Waals surface area (Å²) in [6.45, 7) is 5.49. The Morgan fingerprint density at radius 1 is 1.37 bits per heavy atom. The van der Waals surface area contributed by atoms with Crippen LogP contribution >= 0.6 is 0 Å². The number of nitrogens with zero attached hydrogens (tertiary/aromatic N) is 1. The van der Waals surface area contributed by atoms with Gasteiger partial charge in [-0.1, -0.05) is 25.1 Å². The summed E-state index contributed by atoms with van der Waals surface area (Å²) in [5, 5.41) is 3.62. The van der Waals surface area contributed by atoms with Gasteiger partial charge >= 0.3 is 0 Å². The zero-order valence-electron chi connectivity index (χ0n) is 11.6. The van der Waals surface area contributed by atoms with E-state index in [0.717, 1.165) is 37.5 Å². The van der Waals surface area contributed by atoms with Crippen LogP contribution in [0.1, 0.15) is 37.8 Å². The molecule has 19 heavy (non-hydrogen) atoms. The van der Waals surface area contributed by atoms with Gasteiger partial charge in [0.2, 0.25) is 0 Å². The minimum absolute atomic E-state index is 0.0582. The minimum atomic E-state index is -0.0582. The van der Waals surface area contributed by atoms with Crippen molar-refractivity contribution in [3.8, 4) is 0 Å². The second-order valence-electron chi connectivity index (χ2n) is 5.86. The van der Waals surface area contributed by atoms with Gasteiger partial charge in [-0.2, -0.15) is 0 Å². The molecule has 3 unspecified atom stereocenters. The molecule has 3 atom stereocenters. The van der Waals surface area contributed by atoms with Crippen LogP contribution < -0.4 is 5.32 Å². The normalized spacial score (nSPS) is 29.2. The number of benzene rings is 1. The fourth-order valence-electron chi connectivity index (χ4n) is 3.75. The van der Waals surface area contributed by atoms with Gasteiger partial charge in [0.05, 0.1) is 0 Å². The van der Waals surface area contributed by atoms with Gasteiger partial charge in [0.15, 0.2) is 0 Å². The van der Waals surface area contributed by atoms with E-state index in [1.807, 2.05) is 12.1 Å². The first-order chi connectivity index (χ1) is 9.29. The lowest BCUT2D eigenvalue weighted by molar-refractivity contribution is 0.224. The van der Waals surface area contributed by atoms with Crippen LogP contribution in [0, 0.1) is 11.7 Å². The van der Waals surface area contributed by atoms with Crippen molar-refractivity contribution >= 4 is 0 Å². The van der Waals surface area contributed by atoms with Crippen LogP contribution in [0.5, 0.6) is 0 Å². The molecule has 0 spiro atoms. The number of likely N-dealkylation sites (tertiary alicyclic amines) is 1. The number of nitrogens with one attached hydrogen (secondary N) is 1. The molecular formula is C16H23FN2. The Kier molecular flexibility index (Phi) is 3.85. The molecule has 2 saturated heterocycles. The average Bonchev–Trinajstić information content (AvgIpc) is 2.85. The number of fused-ring (bicyclic) bond motifs is 1. The molecule has 0 radical (unpaired) electrons. The molecule has 2 aliphatic heterocycles. The Bertz CT molecular complexity index is 421. The van der Waals surface area contributed by atoms with Crippen molar-refractivity contribution in [1.82, 2.24) is 10.2 Å². The molecule has 0 aliphatic carbocycles. The Morgan fingerprint density at radius 3 is 2.95 bits per heavy atom. The minimum Gasteiger partial charge on any atom is -0.312 e. The lowest BCUT2D eigenvalue weighted by Gasteiger charge is -2.27. The topological polar surface area (TPSA) is 15.3 Å². The van der Waals surface area contributed by atoms with Crippen LogP contribution in [-0.4, -0.2) is 30.6 Å². The quantitative estimate of drug-likeness (QED) is 0.901. The van der Waals surface area contributed by atoms with Crippen molar-refractivity contribution in [1.29, 1.82) is 0 Å². The lowest BCUT2D eigenvalue weighted by Crippen LogP contribution is -2.40. The molecule has 3 heteroatoms. The molecule has 0 aromatic heterocycles. The van der Waals surface area contributed by atoms with Crippen molar-refractivity contribution in [3.05, 3.63) is 35.6 Å². The molecule has 1 aromatic rings. The maximum absolute atomic E-state index is 14.0. The predicted molar refractivity (Wildman–Crippen MR) is 75.5 cm³/mol. The van der Waals surface area contributed by atoms with Gasteiger partial charge in [0, 0.05) is 30.7 Å². The first-order valence-corrected chi connectivity index (χ1v) is 7.51. The summed E-state index contributed by atoms with van der Waals surface area (Å²) in [6, 6.07) is 8.10. The number of rotatable bonds is 3. The summed E-state index contributed by atoms with van der Waals surface area (Å²) in [6.07, 6.45) is 3.58. The first kappa shape index (κ1) is 13.1. The molecule has 0 saturated carbocycles. The van der Waals surface area contributed by atoms with Gasteiger partial charge in [-0.3, -0.25) is 4.90 Å². The Balaban J connectivity index is 1.78. The van der Waals surface area contributed by atoms with Crippen LogP contribution in [0.4, 0.5) is 4.39 Å². The monoisotopic (exact) mass is 262 g/mol. The maximum atomic E-state index is 14.0. The molecular weight excluding hydrogens is 239 g/mol. The van der Waals surface area contributed by atoms with E-state index in [9.17, 15) is 4.39 Å². The highest BCUT2D eigenvalue weighted by Crippen LogP contribution is 2.34. The second-order valence-corrected chi connectivity index (χ2v) is 5.86. The van der Waals surface area contributed by atoms with E-state index in [-0.39, 0.29) is 11.9 Å². The van der Waals surface area contributed by atoms with Crippen molar-refractivity contribution in [2.75, 3.05) is 19.6 Å². The van der Waals surface area contributed by atoms with Crippen molar-refractivity contribution < 1.29 is 4.39 Å². The van der Waals surface area contributed by atoms with Gasteiger partial charge in [-0.25, -0.2) is 4.39 Å². The number of halogens is 1. The third-order valence-electron chi connectivity index (χ3n) is 4.72. The first-order valence-electron chi connectivity index (χ1n) is 7.51. The SMILES string of the molecule is CCC(c1ccccc1F)N1CC2CCCNC2C1. The molecule has 104 valence electrons. The van der Waals surface area contributed by atoms with Gasteiger partial charge < -0.3 is 5.32 Å². The van der Waals surface area contributed by atoms with Crippen molar-refractivity contribution in [2.24, 2.45) is 5.92 Å². The standard InChI is InChI=1S/C16H23FN2/c1-2-16(13-7-3-4-8-14(13)17)19-10-12-6-5-9-18-15(12)11-19/h3-4,7-8,12,15-16,18H,2,5-6,9-11H2,1H3. The average molecular weight is 262 g/mol. The van der Waals surface area contributed by atoms with Crippen LogP contribution in [0.25, 0.3) is 0 Å². The highest BCUT2D eigenvalue weighted by molar-refractivity contribution is 5.22. The van der Waals surface area contributed by atoms with Crippen LogP contribution in [0.15, 0.2) is 24.3 Å². The van der Waals surface area contributed by atoms with Gasteiger partial charge in [-0.15, -0.1) is 0 Å². The van der Waals surface area contributed by atoms with E-state index in [1.54, 1.807) is 12.1 Å². The summed E-state index contributed by atoms with van der Waals surface area (Å²) in [5.41, 5.74) is 0.864. The Morgan fingerprint density at radius 2 is 2.21 bits per heavy atom. The third-order valence-corrected chi connectivity index (χ3v) is 4.72. The Hall–Kier alpha value is -0.930.